The third-order valence-corrected chi connectivity index (χ3v) is 2.38. The fourth-order valence-electron chi connectivity index (χ4n) is 1.43. The van der Waals surface area contributed by atoms with Gasteiger partial charge in [0.15, 0.2) is 0 Å². The van der Waals surface area contributed by atoms with Crippen LogP contribution in [-0.2, 0) is 4.74 Å². The predicted molar refractivity (Wildman–Crippen MR) is 46.4 cm³/mol. The summed E-state index contributed by atoms with van der Waals surface area (Å²) in [5.74, 6) is 1.59. The molecule has 11 heavy (non-hydrogen) atoms. The van der Waals surface area contributed by atoms with E-state index in [1.54, 1.807) is 0 Å². The van der Waals surface area contributed by atoms with Gasteiger partial charge >= 0.3 is 0 Å². The number of hydrogen-bond acceptors (Lipinski definition) is 2. The average molecular weight is 157 g/mol. The van der Waals surface area contributed by atoms with Gasteiger partial charge in [0.1, 0.15) is 0 Å². The lowest BCUT2D eigenvalue weighted by atomic mass is 10.2. The molecule has 1 rings (SSSR count). The van der Waals surface area contributed by atoms with E-state index in [1.165, 1.54) is 6.42 Å². The van der Waals surface area contributed by atoms with Gasteiger partial charge in [0.2, 0.25) is 0 Å². The first kappa shape index (κ1) is 9.01. The Kier molecular flexibility index (Phi) is 3.34. The highest BCUT2D eigenvalue weighted by Crippen LogP contribution is 2.39. The molecule has 0 aliphatic heterocycles. The maximum atomic E-state index is 5.89. The van der Waals surface area contributed by atoms with Crippen LogP contribution in [0.3, 0.4) is 0 Å². The Labute approximate surface area is 69.1 Å². The monoisotopic (exact) mass is 157 g/mol. The second-order valence-corrected chi connectivity index (χ2v) is 3.62. The molecule has 0 saturated heterocycles. The van der Waals surface area contributed by atoms with Gasteiger partial charge in [0.05, 0.1) is 6.61 Å². The maximum Gasteiger partial charge on any atom is 0.0620 e. The van der Waals surface area contributed by atoms with Crippen molar-refractivity contribution in [1.29, 1.82) is 0 Å². The second-order valence-electron chi connectivity index (χ2n) is 3.62. The lowest BCUT2D eigenvalue weighted by Crippen LogP contribution is -2.29. The van der Waals surface area contributed by atoms with Gasteiger partial charge in [0.25, 0.3) is 0 Å². The minimum Gasteiger partial charge on any atom is -0.380 e. The summed E-state index contributed by atoms with van der Waals surface area (Å²) >= 11 is 0. The molecule has 0 radical (unpaired) electrons. The molecule has 3 unspecified atom stereocenters. The van der Waals surface area contributed by atoms with Crippen LogP contribution < -0.4 is 5.73 Å². The topological polar surface area (TPSA) is 35.2 Å². The van der Waals surface area contributed by atoms with Gasteiger partial charge in [-0.05, 0) is 24.7 Å². The Hall–Kier alpha value is -0.0800. The highest BCUT2D eigenvalue weighted by molar-refractivity contribution is 4.90. The van der Waals surface area contributed by atoms with Crippen molar-refractivity contribution in [2.24, 2.45) is 17.6 Å². The van der Waals surface area contributed by atoms with E-state index in [0.29, 0.717) is 0 Å². The van der Waals surface area contributed by atoms with Crippen LogP contribution in [0.15, 0.2) is 0 Å². The summed E-state index contributed by atoms with van der Waals surface area (Å²) in [6.45, 7) is 5.98. The summed E-state index contributed by atoms with van der Waals surface area (Å²) < 4.78 is 5.37. The van der Waals surface area contributed by atoms with Gasteiger partial charge in [-0.15, -0.1) is 0 Å². The van der Waals surface area contributed by atoms with Crippen molar-refractivity contribution in [3.63, 3.8) is 0 Å². The molecule has 0 bridgehead atoms. The van der Waals surface area contributed by atoms with Crippen molar-refractivity contribution in [2.75, 3.05) is 13.2 Å². The van der Waals surface area contributed by atoms with Gasteiger partial charge in [-0.3, -0.25) is 0 Å². The van der Waals surface area contributed by atoms with Crippen LogP contribution in [0.2, 0.25) is 0 Å². The van der Waals surface area contributed by atoms with Crippen LogP contribution in [0.5, 0.6) is 0 Å². The highest BCUT2D eigenvalue weighted by Gasteiger charge is 2.37. The summed E-state index contributed by atoms with van der Waals surface area (Å²) in [4.78, 5) is 0. The molecular formula is C9H19NO. The second kappa shape index (κ2) is 4.07. The molecule has 1 aliphatic carbocycles. The highest BCUT2D eigenvalue weighted by atomic mass is 16.5. The van der Waals surface area contributed by atoms with Gasteiger partial charge in [-0.1, -0.05) is 13.8 Å². The molecule has 1 aliphatic rings. The minimum atomic E-state index is 0.288. The first-order valence-electron chi connectivity index (χ1n) is 4.59. The summed E-state index contributed by atoms with van der Waals surface area (Å²) in [6.07, 6.45) is 2.39. The lowest BCUT2D eigenvalue weighted by molar-refractivity contribution is 0.115. The molecule has 1 fully saturated rings. The summed E-state index contributed by atoms with van der Waals surface area (Å²) in [5.41, 5.74) is 5.89. The van der Waals surface area contributed by atoms with Crippen molar-refractivity contribution in [1.82, 2.24) is 0 Å². The predicted octanol–water partition coefficient (Wildman–Crippen LogP) is 1.40. The molecule has 0 aromatic rings. The third kappa shape index (κ3) is 2.80. The zero-order valence-electron chi connectivity index (χ0n) is 7.55. The maximum absolute atomic E-state index is 5.89. The lowest BCUT2D eigenvalue weighted by Gasteiger charge is -2.10. The molecule has 2 nitrogen and oxygen atoms in total. The zero-order valence-corrected chi connectivity index (χ0v) is 7.55. The third-order valence-electron chi connectivity index (χ3n) is 2.38. The summed E-state index contributed by atoms with van der Waals surface area (Å²) in [6, 6.07) is 0.288. The largest absolute Gasteiger partial charge is 0.380 e. The van der Waals surface area contributed by atoms with Crippen LogP contribution in [-0.4, -0.2) is 19.3 Å². The number of nitrogens with two attached hydrogens (primary N) is 1. The Morgan fingerprint density at radius 2 is 2.27 bits per heavy atom. The quantitative estimate of drug-likeness (QED) is 0.612. The van der Waals surface area contributed by atoms with E-state index in [0.717, 1.165) is 31.5 Å². The van der Waals surface area contributed by atoms with Crippen molar-refractivity contribution >= 4 is 0 Å². The molecular weight excluding hydrogens is 138 g/mol. The Balaban J connectivity index is 1.98. The fourth-order valence-corrected chi connectivity index (χ4v) is 1.43. The molecule has 3 atom stereocenters. The van der Waals surface area contributed by atoms with Crippen molar-refractivity contribution in [2.45, 2.75) is 32.7 Å². The van der Waals surface area contributed by atoms with E-state index in [-0.39, 0.29) is 6.04 Å². The smallest absolute Gasteiger partial charge is 0.0620 e. The number of ether oxygens (including phenoxy) is 1. The molecule has 2 heteroatoms. The van der Waals surface area contributed by atoms with Gasteiger partial charge in [-0.2, -0.15) is 0 Å². The summed E-state index contributed by atoms with van der Waals surface area (Å²) in [7, 11) is 0. The van der Waals surface area contributed by atoms with Crippen LogP contribution in [0, 0.1) is 11.8 Å². The Morgan fingerprint density at radius 1 is 1.64 bits per heavy atom. The molecule has 0 aromatic heterocycles. The minimum absolute atomic E-state index is 0.288. The van der Waals surface area contributed by atoms with E-state index in [4.69, 9.17) is 10.5 Å². The van der Waals surface area contributed by atoms with Gasteiger partial charge < -0.3 is 10.5 Å². The molecule has 0 heterocycles. The molecule has 1 saturated carbocycles. The summed E-state index contributed by atoms with van der Waals surface area (Å²) in [5, 5.41) is 0. The van der Waals surface area contributed by atoms with E-state index >= 15 is 0 Å². The molecule has 0 spiro atoms. The average Bonchev–Trinajstić information content (AvgIpc) is 2.67. The van der Waals surface area contributed by atoms with E-state index in [2.05, 4.69) is 13.8 Å². The van der Waals surface area contributed by atoms with Crippen LogP contribution in [0.25, 0.3) is 0 Å². The first-order valence-corrected chi connectivity index (χ1v) is 4.59. The van der Waals surface area contributed by atoms with E-state index in [1.807, 2.05) is 0 Å². The molecule has 0 amide bonds. The van der Waals surface area contributed by atoms with Crippen molar-refractivity contribution in [3.8, 4) is 0 Å². The normalized spacial score (nSPS) is 31.9. The Bertz CT molecular complexity index is 116. The van der Waals surface area contributed by atoms with E-state index < -0.39 is 0 Å². The van der Waals surface area contributed by atoms with Crippen LogP contribution >= 0.6 is 0 Å². The molecule has 0 aromatic carbocycles. The van der Waals surface area contributed by atoms with Gasteiger partial charge in [0, 0.05) is 12.6 Å². The molecule has 66 valence electrons. The first-order chi connectivity index (χ1) is 5.25. The number of rotatable bonds is 5. The van der Waals surface area contributed by atoms with Crippen molar-refractivity contribution in [3.05, 3.63) is 0 Å². The van der Waals surface area contributed by atoms with Crippen LogP contribution in [0.1, 0.15) is 26.7 Å². The Morgan fingerprint density at radius 3 is 2.73 bits per heavy atom. The van der Waals surface area contributed by atoms with E-state index in [9.17, 15) is 0 Å². The fraction of sp³-hybridized carbons (Fsp3) is 1.00. The van der Waals surface area contributed by atoms with Gasteiger partial charge in [-0.25, -0.2) is 0 Å². The standard InChI is InChI=1S/C9H19NO/c1-3-4-11-6-9(10)8-5-7(8)2/h7-9H,3-6,10H2,1-2H3. The van der Waals surface area contributed by atoms with Crippen LogP contribution in [0.4, 0.5) is 0 Å². The number of hydrogen-bond donors (Lipinski definition) is 1. The zero-order chi connectivity index (χ0) is 8.27. The molecule has 2 N–H and O–H groups in total. The van der Waals surface area contributed by atoms with Crippen molar-refractivity contribution < 1.29 is 4.74 Å². The SMILES string of the molecule is CCCOCC(N)C1CC1C.